The Kier molecular flexibility index (Phi) is 9.16. The number of hydrogen-bond donors (Lipinski definition) is 3. The molecule has 0 atom stereocenters. The second-order valence-electron chi connectivity index (χ2n) is 9.46. The Morgan fingerprint density at radius 1 is 1.17 bits per heavy atom. The molecule has 1 aliphatic heterocycles. The summed E-state index contributed by atoms with van der Waals surface area (Å²) in [7, 11) is 1.73. The molecule has 3 N–H and O–H groups in total. The van der Waals surface area contributed by atoms with Gasteiger partial charge in [-0.15, -0.1) is 0 Å². The maximum atomic E-state index is 9.71. The average Bonchev–Trinajstić information content (AvgIpc) is 2.90. The standard InChI is InChI=1S/C26H35ClN6O2/c1-34-14-11-29-19-5-7-20(8-6-19)32-25-15-21(22(27)16-30-25)23-3-2-4-24(33-23)31-18-26(17-28)9-12-35-13-10-26/h2-4,15-16,19-20,29H,5-14,18H2,1H3,(H,30,32)(H,31,33). The summed E-state index contributed by atoms with van der Waals surface area (Å²) in [6, 6.07) is 11.2. The molecule has 4 rings (SSSR count). The topological polar surface area (TPSA) is 104 Å². The highest BCUT2D eigenvalue weighted by atomic mass is 35.5. The molecule has 2 aromatic rings. The third kappa shape index (κ3) is 7.05. The maximum absolute atomic E-state index is 9.71. The average molecular weight is 499 g/mol. The second-order valence-corrected chi connectivity index (χ2v) is 9.86. The van der Waals surface area contributed by atoms with Crippen LogP contribution in [-0.2, 0) is 9.47 Å². The van der Waals surface area contributed by atoms with E-state index in [1.54, 1.807) is 13.3 Å². The van der Waals surface area contributed by atoms with Gasteiger partial charge in [-0.3, -0.25) is 0 Å². The Hall–Kier alpha value is -2.44. The summed E-state index contributed by atoms with van der Waals surface area (Å²) in [5.74, 6) is 1.54. The molecule has 1 saturated carbocycles. The van der Waals surface area contributed by atoms with Crippen LogP contribution in [0.25, 0.3) is 11.3 Å². The van der Waals surface area contributed by atoms with Gasteiger partial charge in [-0.2, -0.15) is 5.26 Å². The van der Waals surface area contributed by atoms with E-state index in [1.807, 2.05) is 24.3 Å². The summed E-state index contributed by atoms with van der Waals surface area (Å²) in [5.41, 5.74) is 1.19. The van der Waals surface area contributed by atoms with Gasteiger partial charge in [0.1, 0.15) is 11.6 Å². The molecule has 2 aromatic heterocycles. The van der Waals surface area contributed by atoms with Gasteiger partial charge in [-0.1, -0.05) is 17.7 Å². The van der Waals surface area contributed by atoms with Crippen molar-refractivity contribution in [1.82, 2.24) is 15.3 Å². The summed E-state index contributed by atoms with van der Waals surface area (Å²) in [6.07, 6.45) is 7.59. The number of halogens is 1. The van der Waals surface area contributed by atoms with Crippen LogP contribution >= 0.6 is 11.6 Å². The van der Waals surface area contributed by atoms with Crippen molar-refractivity contribution in [3.8, 4) is 17.3 Å². The van der Waals surface area contributed by atoms with Gasteiger partial charge in [-0.25, -0.2) is 9.97 Å². The van der Waals surface area contributed by atoms with E-state index in [2.05, 4.69) is 27.0 Å². The van der Waals surface area contributed by atoms with E-state index in [0.29, 0.717) is 36.9 Å². The monoisotopic (exact) mass is 498 g/mol. The molecular weight excluding hydrogens is 464 g/mol. The van der Waals surface area contributed by atoms with E-state index >= 15 is 0 Å². The molecule has 1 saturated heterocycles. The first-order valence-electron chi connectivity index (χ1n) is 12.5. The number of nitrogens with one attached hydrogen (secondary N) is 3. The summed E-state index contributed by atoms with van der Waals surface area (Å²) in [6.45, 7) is 3.43. The lowest BCUT2D eigenvalue weighted by Crippen LogP contribution is -2.38. The van der Waals surface area contributed by atoms with E-state index in [9.17, 15) is 5.26 Å². The minimum absolute atomic E-state index is 0.389. The Bertz CT molecular complexity index is 1000. The van der Waals surface area contributed by atoms with Crippen LogP contribution < -0.4 is 16.0 Å². The fourth-order valence-electron chi connectivity index (χ4n) is 4.76. The van der Waals surface area contributed by atoms with Crippen LogP contribution in [0.5, 0.6) is 0 Å². The predicted molar refractivity (Wildman–Crippen MR) is 139 cm³/mol. The van der Waals surface area contributed by atoms with Gasteiger partial charge in [0.2, 0.25) is 0 Å². The number of rotatable bonds is 10. The molecule has 0 aromatic carbocycles. The Balaban J connectivity index is 1.38. The van der Waals surface area contributed by atoms with Crippen LogP contribution in [-0.4, -0.2) is 62.1 Å². The molecular formula is C26H35ClN6O2. The van der Waals surface area contributed by atoms with Crippen LogP contribution in [0.3, 0.4) is 0 Å². The lowest BCUT2D eigenvalue weighted by molar-refractivity contribution is 0.0455. The lowest BCUT2D eigenvalue weighted by Gasteiger charge is -2.30. The van der Waals surface area contributed by atoms with Gasteiger partial charge in [0, 0.05) is 57.3 Å². The second kappa shape index (κ2) is 12.5. The van der Waals surface area contributed by atoms with E-state index in [4.69, 9.17) is 26.1 Å². The minimum atomic E-state index is -0.417. The highest BCUT2D eigenvalue weighted by molar-refractivity contribution is 6.33. The number of anilines is 2. The number of nitriles is 1. The first-order valence-corrected chi connectivity index (χ1v) is 12.8. The smallest absolute Gasteiger partial charge is 0.126 e. The molecule has 9 heteroatoms. The number of pyridine rings is 2. The van der Waals surface area contributed by atoms with Crippen molar-refractivity contribution in [2.75, 3.05) is 50.7 Å². The Morgan fingerprint density at radius 3 is 2.69 bits per heavy atom. The normalized spacial score (nSPS) is 21.7. The molecule has 0 radical (unpaired) electrons. The van der Waals surface area contributed by atoms with Crippen molar-refractivity contribution in [3.63, 3.8) is 0 Å². The fraction of sp³-hybridized carbons (Fsp3) is 0.577. The van der Waals surface area contributed by atoms with E-state index < -0.39 is 5.41 Å². The molecule has 2 aliphatic rings. The zero-order chi connectivity index (χ0) is 24.5. The molecule has 8 nitrogen and oxygen atoms in total. The van der Waals surface area contributed by atoms with Crippen molar-refractivity contribution in [2.24, 2.45) is 5.41 Å². The van der Waals surface area contributed by atoms with Crippen LogP contribution in [0.2, 0.25) is 5.02 Å². The molecule has 188 valence electrons. The summed E-state index contributed by atoms with van der Waals surface area (Å²) < 4.78 is 10.6. The zero-order valence-electron chi connectivity index (χ0n) is 20.4. The van der Waals surface area contributed by atoms with E-state index in [-0.39, 0.29) is 0 Å². The fourth-order valence-corrected chi connectivity index (χ4v) is 4.96. The van der Waals surface area contributed by atoms with Gasteiger partial charge in [0.15, 0.2) is 0 Å². The number of aromatic nitrogens is 2. The van der Waals surface area contributed by atoms with Crippen LogP contribution in [0, 0.1) is 16.7 Å². The minimum Gasteiger partial charge on any atom is -0.383 e. The molecule has 1 aliphatic carbocycles. The highest BCUT2D eigenvalue weighted by Gasteiger charge is 2.32. The van der Waals surface area contributed by atoms with Gasteiger partial charge in [-0.05, 0) is 56.7 Å². The molecule has 0 spiro atoms. The summed E-state index contributed by atoms with van der Waals surface area (Å²) in [5, 5.41) is 20.8. The van der Waals surface area contributed by atoms with E-state index in [1.165, 1.54) is 0 Å². The van der Waals surface area contributed by atoms with Gasteiger partial charge < -0.3 is 25.4 Å². The molecule has 0 amide bonds. The predicted octanol–water partition coefficient (Wildman–Crippen LogP) is 4.49. The van der Waals surface area contributed by atoms with Gasteiger partial charge in [0.05, 0.1) is 28.8 Å². The quantitative estimate of drug-likeness (QED) is 0.412. The van der Waals surface area contributed by atoms with Crippen molar-refractivity contribution < 1.29 is 9.47 Å². The molecule has 0 unspecified atom stereocenters. The molecule has 35 heavy (non-hydrogen) atoms. The molecule has 0 bridgehead atoms. The Morgan fingerprint density at radius 2 is 1.94 bits per heavy atom. The van der Waals surface area contributed by atoms with Gasteiger partial charge >= 0.3 is 0 Å². The summed E-state index contributed by atoms with van der Waals surface area (Å²) >= 11 is 6.52. The third-order valence-corrected chi connectivity index (χ3v) is 7.29. The largest absolute Gasteiger partial charge is 0.383 e. The first-order chi connectivity index (χ1) is 17.1. The van der Waals surface area contributed by atoms with Crippen molar-refractivity contribution >= 4 is 23.2 Å². The SMILES string of the molecule is COCCNC1CCC(Nc2cc(-c3cccc(NCC4(C#N)CCOCC4)n3)c(Cl)cn2)CC1. The summed E-state index contributed by atoms with van der Waals surface area (Å²) in [4.78, 5) is 9.29. The van der Waals surface area contributed by atoms with Crippen molar-refractivity contribution in [3.05, 3.63) is 35.5 Å². The highest BCUT2D eigenvalue weighted by Crippen LogP contribution is 2.32. The van der Waals surface area contributed by atoms with Crippen molar-refractivity contribution in [2.45, 2.75) is 50.6 Å². The number of ether oxygens (including phenoxy) is 2. The first kappa shape index (κ1) is 25.6. The zero-order valence-corrected chi connectivity index (χ0v) is 21.1. The van der Waals surface area contributed by atoms with E-state index in [0.717, 1.165) is 74.6 Å². The van der Waals surface area contributed by atoms with Crippen LogP contribution in [0.1, 0.15) is 38.5 Å². The van der Waals surface area contributed by atoms with Crippen molar-refractivity contribution in [1.29, 1.82) is 5.26 Å². The molecule has 2 fully saturated rings. The Labute approximate surface area is 212 Å². The number of methoxy groups -OCH3 is 1. The lowest BCUT2D eigenvalue weighted by atomic mass is 9.82. The maximum Gasteiger partial charge on any atom is 0.126 e. The third-order valence-electron chi connectivity index (χ3n) is 6.99. The van der Waals surface area contributed by atoms with Gasteiger partial charge in [0.25, 0.3) is 0 Å². The number of nitrogens with zero attached hydrogens (tertiary/aromatic N) is 3. The molecule has 3 heterocycles. The van der Waals surface area contributed by atoms with Crippen LogP contribution in [0.4, 0.5) is 11.6 Å². The number of hydrogen-bond acceptors (Lipinski definition) is 8. The van der Waals surface area contributed by atoms with Crippen LogP contribution in [0.15, 0.2) is 30.5 Å².